The predicted molar refractivity (Wildman–Crippen MR) is 118 cm³/mol. The number of oxime groups is 1. The molecule has 2 aromatic rings. The largest absolute Gasteiger partial charge is 1.00 e. The van der Waals surface area contributed by atoms with Gasteiger partial charge in [-0.1, -0.05) is 16.4 Å². The van der Waals surface area contributed by atoms with Gasteiger partial charge in [0.15, 0.2) is 22.6 Å². The second-order valence-corrected chi connectivity index (χ2v) is 8.79. The van der Waals surface area contributed by atoms with Crippen LogP contribution < -0.4 is 46.1 Å². The van der Waals surface area contributed by atoms with E-state index in [9.17, 15) is 29.8 Å². The van der Waals surface area contributed by atoms with E-state index < -0.39 is 40.8 Å². The van der Waals surface area contributed by atoms with E-state index in [1.807, 2.05) is 0 Å². The number of nitrogens with two attached hydrogens (primary N) is 2. The first-order valence-electron chi connectivity index (χ1n) is 9.25. The number of carbonyl (C=O) groups excluding carboxylic acids is 2. The van der Waals surface area contributed by atoms with Gasteiger partial charge in [0.25, 0.3) is 11.8 Å². The molecule has 0 aromatic carbocycles. The number of nitrogen functional groups attached to an aromatic ring is 1. The number of carboxylic acids is 1. The number of β-lactam (4-membered cyclic amide) rings is 1. The number of aliphatic imine (C=N–C) groups is 1. The van der Waals surface area contributed by atoms with Crippen LogP contribution in [0.2, 0.25) is 0 Å². The van der Waals surface area contributed by atoms with Crippen LogP contribution in [0.5, 0.6) is 0 Å². The molecule has 0 bridgehead atoms. The van der Waals surface area contributed by atoms with E-state index in [1.165, 1.54) is 35.4 Å². The third-order valence-electron chi connectivity index (χ3n) is 4.73. The number of hydrogen-bond acceptors (Lipinski definition) is 13. The number of rotatable bonds is 7. The van der Waals surface area contributed by atoms with Gasteiger partial charge in [-0.3, -0.25) is 19.5 Å². The molecule has 0 saturated carbocycles. The van der Waals surface area contributed by atoms with Gasteiger partial charge in [0.2, 0.25) is 0 Å². The van der Waals surface area contributed by atoms with Crippen LogP contribution in [-0.4, -0.2) is 71.9 Å². The molecule has 17 heteroatoms. The first-order chi connectivity index (χ1) is 16.2. The second kappa shape index (κ2) is 10.6. The van der Waals surface area contributed by atoms with Crippen LogP contribution in [0.4, 0.5) is 5.13 Å². The monoisotopic (exact) mass is 527 g/mol. The molecule has 4 rings (SSSR count). The van der Waals surface area contributed by atoms with Gasteiger partial charge in [0.05, 0.1) is 0 Å². The van der Waals surface area contributed by atoms with E-state index in [4.69, 9.17) is 16.0 Å². The molecule has 176 valence electrons. The Bertz CT molecular complexity index is 1320. The summed E-state index contributed by atoms with van der Waals surface area (Å²) in [4.78, 5) is 44.5. The predicted octanol–water partition coefficient (Wildman–Crippen LogP) is -3.91. The number of fused-ring (bicyclic) bond motifs is 1. The number of aliphatic carboxylic acids is 1. The Balaban J connectivity index is 0.00000342. The molecule has 1 fully saturated rings. The normalized spacial score (nSPS) is 20.5. The Morgan fingerprint density at radius 2 is 2.09 bits per heavy atom. The quantitative estimate of drug-likeness (QED) is 0.0678. The minimum Gasteiger partial charge on any atom is -0.857 e. The van der Waals surface area contributed by atoms with Crippen molar-refractivity contribution < 1.29 is 63.9 Å². The minimum absolute atomic E-state index is 0. The summed E-state index contributed by atoms with van der Waals surface area (Å²) in [5.74, 6) is -3.51. The van der Waals surface area contributed by atoms with Gasteiger partial charge in [-0.25, -0.2) is 9.78 Å². The number of hydrogen-bond donors (Lipinski definition) is 4. The van der Waals surface area contributed by atoms with Gasteiger partial charge in [0, 0.05) is 23.1 Å². The van der Waals surface area contributed by atoms with Crippen LogP contribution in [0.1, 0.15) is 21.9 Å². The average molecular weight is 527 g/mol. The minimum atomic E-state index is -1.35. The maximum absolute atomic E-state index is 12.7. The summed E-state index contributed by atoms with van der Waals surface area (Å²) in [5.41, 5.74) is 10.1. The van der Waals surface area contributed by atoms with Crippen LogP contribution in [-0.2, 0) is 9.59 Å². The molecule has 2 aliphatic heterocycles. The van der Waals surface area contributed by atoms with Crippen LogP contribution in [0.25, 0.3) is 6.08 Å². The first-order valence-corrected chi connectivity index (χ1v) is 11.2. The third kappa shape index (κ3) is 5.10. The van der Waals surface area contributed by atoms with Crippen LogP contribution in [0.15, 0.2) is 43.5 Å². The van der Waals surface area contributed by atoms with Crippen molar-refractivity contribution >= 4 is 63.7 Å². The molecule has 0 aliphatic carbocycles. The maximum atomic E-state index is 12.7. The average Bonchev–Trinajstić information content (AvgIpc) is 3.45. The molecule has 2 aromatic heterocycles. The van der Waals surface area contributed by atoms with Gasteiger partial charge >= 0.3 is 35.5 Å². The molecule has 6 N–H and O–H groups in total. The number of allylic oxidation sites excluding steroid dienone is 1. The Hall–Kier alpha value is -3.18. The van der Waals surface area contributed by atoms with Crippen molar-refractivity contribution in [1.82, 2.24) is 15.0 Å². The molecule has 2 amide bonds. The van der Waals surface area contributed by atoms with Crippen molar-refractivity contribution in [2.75, 3.05) is 11.5 Å². The molecular weight excluding hydrogens is 513 g/mol. The molecular formula is C18H14N7NaO7S2. The van der Waals surface area contributed by atoms with E-state index in [0.717, 1.165) is 16.2 Å². The van der Waals surface area contributed by atoms with Crippen molar-refractivity contribution in [2.24, 2.45) is 15.9 Å². The molecule has 14 nitrogen and oxygen atoms in total. The SMILES string of the molecule is NC(=O)c1cc(/C=C/C2=C(C(=O)O)N3C(=O)C(N=C([O-])/C(=N\O)c4csc(N)n4)C3SC2)on1.[Na+]. The zero-order valence-corrected chi connectivity index (χ0v) is 21.4. The van der Waals surface area contributed by atoms with Crippen LogP contribution in [0.3, 0.4) is 0 Å². The van der Waals surface area contributed by atoms with Crippen molar-refractivity contribution in [3.05, 3.63) is 45.9 Å². The topological polar surface area (TPSA) is 234 Å². The summed E-state index contributed by atoms with van der Waals surface area (Å²) in [6, 6.07) is 0.113. The van der Waals surface area contributed by atoms with E-state index in [1.54, 1.807) is 0 Å². The van der Waals surface area contributed by atoms with Gasteiger partial charge in [-0.05, 0) is 11.6 Å². The molecule has 35 heavy (non-hydrogen) atoms. The fraction of sp³-hybridized carbons (Fsp3) is 0.167. The van der Waals surface area contributed by atoms with Crippen LogP contribution in [0, 0.1) is 0 Å². The summed E-state index contributed by atoms with van der Waals surface area (Å²) in [6.45, 7) is 0. The number of anilines is 1. The first kappa shape index (κ1) is 26.4. The van der Waals surface area contributed by atoms with E-state index >= 15 is 0 Å². The fourth-order valence-electron chi connectivity index (χ4n) is 3.19. The van der Waals surface area contributed by atoms with Crippen molar-refractivity contribution in [3.63, 3.8) is 0 Å². The van der Waals surface area contributed by atoms with Gasteiger partial charge < -0.3 is 31.4 Å². The van der Waals surface area contributed by atoms with E-state index in [2.05, 4.69) is 20.3 Å². The second-order valence-electron chi connectivity index (χ2n) is 6.80. The molecule has 2 aliphatic rings. The standard InChI is InChI=1S/C18H15N7O7S2.Na/c19-13(26)8-3-7(32-24-8)2-1-6-4-33-16-11(15(28)25(16)12(6)17(29)30)22-14(27)10(23-31)9-5-34-18(20)21-9;/h1-3,5,11,16,31H,4H2,(H2,19,26)(H2,20,21)(H,22,27)(H,29,30);/q;+1/p-1/b2-1+,23-10-;. The third-order valence-corrected chi connectivity index (χ3v) is 6.69. The Labute approximate surface area is 226 Å². The summed E-state index contributed by atoms with van der Waals surface area (Å²) in [5, 5.41) is 38.6. The van der Waals surface area contributed by atoms with Gasteiger partial charge in [0.1, 0.15) is 22.5 Å². The van der Waals surface area contributed by atoms with Crippen molar-refractivity contribution in [1.29, 1.82) is 0 Å². The molecule has 0 spiro atoms. The Morgan fingerprint density at radius 1 is 1.34 bits per heavy atom. The molecule has 2 unspecified atom stereocenters. The molecule has 2 atom stereocenters. The Morgan fingerprint density at radius 3 is 2.66 bits per heavy atom. The molecule has 0 radical (unpaired) electrons. The zero-order chi connectivity index (χ0) is 24.6. The number of thiazole rings is 1. The van der Waals surface area contributed by atoms with Crippen LogP contribution >= 0.6 is 23.1 Å². The smallest absolute Gasteiger partial charge is 0.857 e. The number of amides is 2. The van der Waals surface area contributed by atoms with E-state index in [-0.39, 0.29) is 63.3 Å². The number of thioether (sulfide) groups is 1. The van der Waals surface area contributed by atoms with E-state index in [0.29, 0.717) is 5.57 Å². The van der Waals surface area contributed by atoms with Crippen molar-refractivity contribution in [2.45, 2.75) is 11.4 Å². The van der Waals surface area contributed by atoms with Gasteiger partial charge in [-0.15, -0.1) is 23.1 Å². The summed E-state index contributed by atoms with van der Waals surface area (Å²) in [6.07, 6.45) is 2.81. The number of primary amides is 1. The Kier molecular flexibility index (Phi) is 8.01. The molecule has 4 heterocycles. The number of aromatic nitrogens is 2. The summed E-state index contributed by atoms with van der Waals surface area (Å²) < 4.78 is 4.94. The fourth-order valence-corrected chi connectivity index (χ4v) is 5.04. The number of carbonyl (C=O) groups is 3. The van der Waals surface area contributed by atoms with Crippen molar-refractivity contribution in [3.8, 4) is 0 Å². The summed E-state index contributed by atoms with van der Waals surface area (Å²) in [7, 11) is 0. The number of nitrogens with zero attached hydrogens (tertiary/aromatic N) is 5. The maximum Gasteiger partial charge on any atom is 1.00 e. The molecule has 1 saturated heterocycles. The van der Waals surface area contributed by atoms with Gasteiger partial charge in [-0.2, -0.15) is 0 Å². The zero-order valence-electron chi connectivity index (χ0n) is 17.8. The summed E-state index contributed by atoms with van der Waals surface area (Å²) >= 11 is 2.21. The number of carboxylic acid groups (broad SMARTS) is 1.